The molecule has 0 N–H and O–H groups in total. The van der Waals surface area contributed by atoms with Crippen LogP contribution >= 0.6 is 0 Å². The summed E-state index contributed by atoms with van der Waals surface area (Å²) < 4.78 is 5.09. The fraction of sp³-hybridized carbons (Fsp3) is 0.333. The summed E-state index contributed by atoms with van der Waals surface area (Å²) in [6.45, 7) is 6.02. The molecule has 0 atom stereocenters. The lowest BCUT2D eigenvalue weighted by molar-refractivity contribution is 0.556. The highest BCUT2D eigenvalue weighted by Gasteiger charge is 2.12. The van der Waals surface area contributed by atoms with Crippen LogP contribution in [0.2, 0.25) is 0 Å². The Morgan fingerprint density at radius 2 is 1.94 bits per heavy atom. The van der Waals surface area contributed by atoms with E-state index in [1.54, 1.807) is 6.07 Å². The van der Waals surface area contributed by atoms with Crippen molar-refractivity contribution in [2.45, 2.75) is 33.6 Å². The summed E-state index contributed by atoms with van der Waals surface area (Å²) >= 11 is 0. The number of nitrogens with zero attached hydrogens (tertiary/aromatic N) is 1. The average molecular weight is 243 g/mol. The molecule has 3 heteroatoms. The SMILES string of the molecule is CC.CCCc1c(C#N)c(=O)oc2ccccc12. The van der Waals surface area contributed by atoms with Crippen molar-refractivity contribution in [3.05, 3.63) is 45.8 Å². The molecule has 0 unspecified atom stereocenters. The van der Waals surface area contributed by atoms with Crippen LogP contribution in [0.4, 0.5) is 0 Å². The molecule has 0 aliphatic rings. The van der Waals surface area contributed by atoms with Crippen molar-refractivity contribution >= 4 is 11.0 Å². The highest BCUT2D eigenvalue weighted by molar-refractivity contribution is 5.82. The summed E-state index contributed by atoms with van der Waals surface area (Å²) in [7, 11) is 0. The zero-order valence-electron chi connectivity index (χ0n) is 11.0. The number of benzene rings is 1. The molecule has 3 nitrogen and oxygen atoms in total. The summed E-state index contributed by atoms with van der Waals surface area (Å²) in [5.74, 6) is 0. The first-order valence-corrected chi connectivity index (χ1v) is 6.22. The van der Waals surface area contributed by atoms with E-state index in [0.29, 0.717) is 5.58 Å². The molecule has 94 valence electrons. The zero-order chi connectivity index (χ0) is 13.5. The van der Waals surface area contributed by atoms with Crippen LogP contribution in [0.1, 0.15) is 38.3 Å². The van der Waals surface area contributed by atoms with Gasteiger partial charge >= 0.3 is 5.63 Å². The highest BCUT2D eigenvalue weighted by Crippen LogP contribution is 2.20. The van der Waals surface area contributed by atoms with E-state index < -0.39 is 5.63 Å². The smallest absolute Gasteiger partial charge is 0.354 e. The molecule has 0 bridgehead atoms. The molecule has 1 aromatic carbocycles. The Bertz CT molecular complexity index is 620. The normalized spacial score (nSPS) is 9.44. The van der Waals surface area contributed by atoms with Gasteiger partial charge in [-0.2, -0.15) is 5.26 Å². The zero-order valence-corrected chi connectivity index (χ0v) is 11.0. The van der Waals surface area contributed by atoms with Crippen molar-refractivity contribution in [2.24, 2.45) is 0 Å². The fourth-order valence-corrected chi connectivity index (χ4v) is 1.84. The molecular formula is C15H17NO2. The molecule has 2 rings (SSSR count). The largest absolute Gasteiger partial charge is 0.422 e. The van der Waals surface area contributed by atoms with Crippen LogP contribution in [0, 0.1) is 11.3 Å². The van der Waals surface area contributed by atoms with Gasteiger partial charge in [0.2, 0.25) is 0 Å². The number of aryl methyl sites for hydroxylation is 1. The lowest BCUT2D eigenvalue weighted by atomic mass is 10.0. The molecule has 1 heterocycles. The van der Waals surface area contributed by atoms with Crippen molar-refractivity contribution in [1.29, 1.82) is 5.26 Å². The van der Waals surface area contributed by atoms with Crippen molar-refractivity contribution in [3.63, 3.8) is 0 Å². The van der Waals surface area contributed by atoms with Gasteiger partial charge in [-0.1, -0.05) is 45.4 Å². The molecule has 0 fully saturated rings. The average Bonchev–Trinajstić information content (AvgIpc) is 2.41. The third-order valence-electron chi connectivity index (χ3n) is 2.53. The molecule has 0 spiro atoms. The maximum absolute atomic E-state index is 11.6. The van der Waals surface area contributed by atoms with Crippen LogP contribution < -0.4 is 5.63 Å². The standard InChI is InChI=1S/C13H11NO2.C2H6/c1-2-5-9-10-6-3-4-7-12(10)16-13(15)11(9)8-14;1-2/h3-4,6-7H,2,5H2,1H3;1-2H3. The minimum Gasteiger partial charge on any atom is -0.422 e. The topological polar surface area (TPSA) is 54.0 Å². The van der Waals surface area contributed by atoms with E-state index in [1.807, 2.05) is 45.0 Å². The van der Waals surface area contributed by atoms with E-state index in [4.69, 9.17) is 9.68 Å². The summed E-state index contributed by atoms with van der Waals surface area (Å²) in [6, 6.07) is 9.25. The molecule has 1 aromatic heterocycles. The second-order valence-corrected chi connectivity index (χ2v) is 3.60. The van der Waals surface area contributed by atoms with Crippen molar-refractivity contribution in [3.8, 4) is 6.07 Å². The van der Waals surface area contributed by atoms with Gasteiger partial charge in [-0.15, -0.1) is 0 Å². The summed E-state index contributed by atoms with van der Waals surface area (Å²) in [4.78, 5) is 11.6. The highest BCUT2D eigenvalue weighted by atomic mass is 16.4. The Morgan fingerprint density at radius 1 is 1.28 bits per heavy atom. The molecule has 0 aliphatic heterocycles. The van der Waals surface area contributed by atoms with Crippen LogP contribution in [0.25, 0.3) is 11.0 Å². The number of hydrogen-bond donors (Lipinski definition) is 0. The van der Waals surface area contributed by atoms with Gasteiger partial charge in [-0.3, -0.25) is 0 Å². The molecular weight excluding hydrogens is 226 g/mol. The first kappa shape index (κ1) is 14.0. The van der Waals surface area contributed by atoms with Gasteiger partial charge in [0.15, 0.2) is 0 Å². The Kier molecular flexibility index (Phi) is 5.13. The number of para-hydroxylation sites is 1. The maximum Gasteiger partial charge on any atom is 0.354 e. The summed E-state index contributed by atoms with van der Waals surface area (Å²) in [5, 5.41) is 9.84. The molecule has 0 saturated carbocycles. The third-order valence-corrected chi connectivity index (χ3v) is 2.53. The van der Waals surface area contributed by atoms with Crippen LogP contribution in [0.3, 0.4) is 0 Å². The van der Waals surface area contributed by atoms with Gasteiger partial charge < -0.3 is 4.42 Å². The number of nitriles is 1. The molecule has 18 heavy (non-hydrogen) atoms. The van der Waals surface area contributed by atoms with Gasteiger partial charge in [-0.25, -0.2) is 4.79 Å². The monoisotopic (exact) mass is 243 g/mol. The van der Waals surface area contributed by atoms with E-state index in [0.717, 1.165) is 23.8 Å². The van der Waals surface area contributed by atoms with E-state index >= 15 is 0 Å². The van der Waals surface area contributed by atoms with E-state index in [9.17, 15) is 4.79 Å². The molecule has 0 radical (unpaired) electrons. The van der Waals surface area contributed by atoms with Gasteiger partial charge in [-0.05, 0) is 18.1 Å². The van der Waals surface area contributed by atoms with Gasteiger partial charge in [0.1, 0.15) is 17.2 Å². The Hall–Kier alpha value is -2.08. The minimum atomic E-state index is -0.537. The predicted molar refractivity (Wildman–Crippen MR) is 72.5 cm³/mol. The number of rotatable bonds is 2. The van der Waals surface area contributed by atoms with Crippen LogP contribution in [-0.2, 0) is 6.42 Å². The van der Waals surface area contributed by atoms with Gasteiger partial charge in [0, 0.05) is 5.39 Å². The van der Waals surface area contributed by atoms with Crippen LogP contribution in [-0.4, -0.2) is 0 Å². The van der Waals surface area contributed by atoms with E-state index in [-0.39, 0.29) is 5.56 Å². The minimum absolute atomic E-state index is 0.139. The number of fused-ring (bicyclic) bond motifs is 1. The Labute approximate surface area is 107 Å². The Morgan fingerprint density at radius 3 is 2.56 bits per heavy atom. The van der Waals surface area contributed by atoms with E-state index in [2.05, 4.69) is 0 Å². The van der Waals surface area contributed by atoms with E-state index in [1.165, 1.54) is 0 Å². The maximum atomic E-state index is 11.6. The summed E-state index contributed by atoms with van der Waals surface area (Å²) in [6.07, 6.45) is 1.61. The molecule has 2 aromatic rings. The fourth-order valence-electron chi connectivity index (χ4n) is 1.84. The predicted octanol–water partition coefficient (Wildman–Crippen LogP) is 3.64. The quantitative estimate of drug-likeness (QED) is 0.756. The van der Waals surface area contributed by atoms with Crippen molar-refractivity contribution in [1.82, 2.24) is 0 Å². The molecule has 0 saturated heterocycles. The third kappa shape index (κ3) is 2.60. The van der Waals surface area contributed by atoms with Crippen molar-refractivity contribution in [2.75, 3.05) is 0 Å². The van der Waals surface area contributed by atoms with Crippen LogP contribution in [0.5, 0.6) is 0 Å². The molecule has 0 aliphatic carbocycles. The lowest BCUT2D eigenvalue weighted by Crippen LogP contribution is -2.08. The summed E-state index contributed by atoms with van der Waals surface area (Å²) in [5.41, 5.74) is 0.956. The van der Waals surface area contributed by atoms with Crippen molar-refractivity contribution < 1.29 is 4.42 Å². The molecule has 0 amide bonds. The first-order valence-electron chi connectivity index (χ1n) is 6.22. The van der Waals surface area contributed by atoms with Gasteiger partial charge in [0.25, 0.3) is 0 Å². The first-order chi connectivity index (χ1) is 8.77. The lowest BCUT2D eigenvalue weighted by Gasteiger charge is -2.05. The second-order valence-electron chi connectivity index (χ2n) is 3.60. The van der Waals surface area contributed by atoms with Gasteiger partial charge in [0.05, 0.1) is 0 Å². The Balaban J connectivity index is 0.000000771. The number of hydrogen-bond acceptors (Lipinski definition) is 3. The second kappa shape index (κ2) is 6.61. The van der Waals surface area contributed by atoms with Crippen LogP contribution in [0.15, 0.2) is 33.5 Å².